The van der Waals surface area contributed by atoms with E-state index in [2.05, 4.69) is 20.6 Å². The standard InChI is InChI=1S/C30H26Cl2N4O4S/c1-17-27(35-18(2)28(17)30(38)34-13-11-19-6-3-4-12-33-19)15-22-21-14-20(9-10-26(21)36-29(22)37)41(39,40)16-23-24(31)7-5-8-25(23)32/h3-10,12,14-15,35H,11,13,16H2,1-2H3,(H,34,38)(H,36,37)/b22-15-. The highest BCUT2D eigenvalue weighted by Gasteiger charge is 2.28. The molecular formula is C30H26Cl2N4O4S. The van der Waals surface area contributed by atoms with Gasteiger partial charge in [0.05, 0.1) is 21.8 Å². The number of anilines is 1. The third-order valence-electron chi connectivity index (χ3n) is 6.91. The number of H-pyrrole nitrogens is 1. The average molecular weight is 610 g/mol. The molecule has 0 unspecified atom stereocenters. The van der Waals surface area contributed by atoms with Gasteiger partial charge >= 0.3 is 0 Å². The van der Waals surface area contributed by atoms with Gasteiger partial charge in [0.15, 0.2) is 9.84 Å². The molecule has 0 saturated heterocycles. The minimum Gasteiger partial charge on any atom is -0.358 e. The van der Waals surface area contributed by atoms with Crippen LogP contribution >= 0.6 is 23.2 Å². The molecule has 41 heavy (non-hydrogen) atoms. The van der Waals surface area contributed by atoms with E-state index in [0.29, 0.717) is 52.3 Å². The van der Waals surface area contributed by atoms with Gasteiger partial charge in [-0.3, -0.25) is 14.6 Å². The van der Waals surface area contributed by atoms with Gasteiger partial charge in [0, 0.05) is 63.1 Å². The molecule has 0 aliphatic carbocycles. The molecule has 0 saturated carbocycles. The quantitative estimate of drug-likeness (QED) is 0.219. The zero-order chi connectivity index (χ0) is 29.3. The van der Waals surface area contributed by atoms with Crippen LogP contribution in [0.25, 0.3) is 11.6 Å². The van der Waals surface area contributed by atoms with Crippen molar-refractivity contribution in [1.82, 2.24) is 15.3 Å². The Balaban J connectivity index is 1.41. The number of hydrogen-bond donors (Lipinski definition) is 3. The number of nitrogens with zero attached hydrogens (tertiary/aromatic N) is 1. The lowest BCUT2D eigenvalue weighted by Gasteiger charge is -2.10. The van der Waals surface area contributed by atoms with E-state index in [9.17, 15) is 18.0 Å². The molecule has 2 aromatic carbocycles. The number of aromatic nitrogens is 2. The summed E-state index contributed by atoms with van der Waals surface area (Å²) in [5.74, 6) is -1.00. The van der Waals surface area contributed by atoms with Crippen LogP contribution in [0.1, 0.15) is 44.1 Å². The van der Waals surface area contributed by atoms with Crippen molar-refractivity contribution in [3.05, 3.63) is 110 Å². The van der Waals surface area contributed by atoms with Gasteiger partial charge in [0.25, 0.3) is 11.8 Å². The van der Waals surface area contributed by atoms with Crippen molar-refractivity contribution in [2.24, 2.45) is 0 Å². The van der Waals surface area contributed by atoms with E-state index in [0.717, 1.165) is 5.69 Å². The van der Waals surface area contributed by atoms with Crippen molar-refractivity contribution in [3.8, 4) is 0 Å². The fraction of sp³-hybridized carbons (Fsp3) is 0.167. The van der Waals surface area contributed by atoms with Gasteiger partial charge in [-0.25, -0.2) is 8.42 Å². The number of aromatic amines is 1. The van der Waals surface area contributed by atoms with Crippen LogP contribution in [0.2, 0.25) is 10.0 Å². The molecule has 3 heterocycles. The molecule has 11 heteroatoms. The minimum atomic E-state index is -3.85. The lowest BCUT2D eigenvalue weighted by atomic mass is 10.0. The second kappa shape index (κ2) is 11.5. The predicted octanol–water partition coefficient (Wildman–Crippen LogP) is 5.77. The smallest absolute Gasteiger partial charge is 0.256 e. The van der Waals surface area contributed by atoms with Crippen LogP contribution in [-0.4, -0.2) is 36.7 Å². The van der Waals surface area contributed by atoms with Gasteiger partial charge in [-0.05, 0) is 68.0 Å². The summed E-state index contributed by atoms with van der Waals surface area (Å²) >= 11 is 12.4. The number of fused-ring (bicyclic) bond motifs is 1. The van der Waals surface area contributed by atoms with E-state index in [1.165, 1.54) is 12.1 Å². The van der Waals surface area contributed by atoms with Crippen molar-refractivity contribution < 1.29 is 18.0 Å². The summed E-state index contributed by atoms with van der Waals surface area (Å²) in [7, 11) is -3.85. The summed E-state index contributed by atoms with van der Waals surface area (Å²) in [6.07, 6.45) is 3.94. The molecular weight excluding hydrogens is 583 g/mol. The number of carbonyl (C=O) groups is 2. The summed E-state index contributed by atoms with van der Waals surface area (Å²) < 4.78 is 26.6. The maximum Gasteiger partial charge on any atom is 0.256 e. The van der Waals surface area contributed by atoms with Gasteiger partial charge in [0.2, 0.25) is 0 Å². The number of aryl methyl sites for hydroxylation is 1. The fourth-order valence-corrected chi connectivity index (χ4v) is 6.91. The Morgan fingerprint density at radius 2 is 1.80 bits per heavy atom. The highest BCUT2D eigenvalue weighted by molar-refractivity contribution is 7.90. The number of sulfone groups is 1. The topological polar surface area (TPSA) is 121 Å². The normalized spacial score (nSPS) is 13.8. The summed E-state index contributed by atoms with van der Waals surface area (Å²) in [5, 5.41) is 6.22. The molecule has 0 fully saturated rings. The zero-order valence-electron chi connectivity index (χ0n) is 22.2. The number of carbonyl (C=O) groups excluding carboxylic acids is 2. The first-order valence-corrected chi connectivity index (χ1v) is 15.2. The Morgan fingerprint density at radius 3 is 2.51 bits per heavy atom. The minimum absolute atomic E-state index is 0.0296. The lowest BCUT2D eigenvalue weighted by Crippen LogP contribution is -2.26. The molecule has 5 rings (SSSR count). The maximum atomic E-state index is 13.3. The maximum absolute atomic E-state index is 13.3. The van der Waals surface area contributed by atoms with Crippen LogP contribution in [0.15, 0.2) is 65.7 Å². The first kappa shape index (κ1) is 28.6. The van der Waals surface area contributed by atoms with Crippen LogP contribution in [-0.2, 0) is 26.8 Å². The van der Waals surface area contributed by atoms with Crippen molar-refractivity contribution in [3.63, 3.8) is 0 Å². The molecule has 4 aromatic rings. The van der Waals surface area contributed by atoms with Gasteiger partial charge < -0.3 is 15.6 Å². The molecule has 2 aromatic heterocycles. The second-order valence-corrected chi connectivity index (χ2v) is 12.5. The van der Waals surface area contributed by atoms with E-state index in [4.69, 9.17) is 23.2 Å². The van der Waals surface area contributed by atoms with E-state index in [1.54, 1.807) is 50.4 Å². The fourth-order valence-electron chi connectivity index (χ4n) is 4.79. The Labute approximate surface area is 247 Å². The van der Waals surface area contributed by atoms with Gasteiger partial charge in [-0.2, -0.15) is 0 Å². The van der Waals surface area contributed by atoms with Gasteiger partial charge in [0.1, 0.15) is 0 Å². The van der Waals surface area contributed by atoms with Crippen LogP contribution in [0.5, 0.6) is 0 Å². The molecule has 3 N–H and O–H groups in total. The number of rotatable bonds is 8. The first-order valence-electron chi connectivity index (χ1n) is 12.8. The van der Waals surface area contributed by atoms with E-state index in [1.807, 2.05) is 18.2 Å². The van der Waals surface area contributed by atoms with E-state index >= 15 is 0 Å². The van der Waals surface area contributed by atoms with Crippen LogP contribution < -0.4 is 10.6 Å². The third-order valence-corrected chi connectivity index (χ3v) is 9.26. The Kier molecular flexibility index (Phi) is 8.04. The number of amides is 2. The number of benzene rings is 2. The summed E-state index contributed by atoms with van der Waals surface area (Å²) in [4.78, 5) is 33.4. The Bertz CT molecular complexity index is 1800. The zero-order valence-corrected chi connectivity index (χ0v) is 24.5. The average Bonchev–Trinajstić information content (AvgIpc) is 3.40. The summed E-state index contributed by atoms with van der Waals surface area (Å²) in [6, 6.07) is 14.9. The van der Waals surface area contributed by atoms with Crippen LogP contribution in [0, 0.1) is 13.8 Å². The molecule has 8 nitrogen and oxygen atoms in total. The van der Waals surface area contributed by atoms with E-state index < -0.39 is 15.6 Å². The van der Waals surface area contributed by atoms with Crippen molar-refractivity contribution in [2.45, 2.75) is 30.9 Å². The monoisotopic (exact) mass is 608 g/mol. The largest absolute Gasteiger partial charge is 0.358 e. The summed E-state index contributed by atoms with van der Waals surface area (Å²) in [6.45, 7) is 4.00. The highest BCUT2D eigenvalue weighted by Crippen LogP contribution is 2.37. The third kappa shape index (κ3) is 5.93. The number of halogens is 2. The molecule has 210 valence electrons. The molecule has 2 amide bonds. The Hall–Kier alpha value is -3.92. The molecule has 0 spiro atoms. The molecule has 0 bridgehead atoms. The van der Waals surface area contributed by atoms with Crippen molar-refractivity contribution in [2.75, 3.05) is 11.9 Å². The molecule has 1 aliphatic heterocycles. The number of nitrogens with one attached hydrogen (secondary N) is 3. The van der Waals surface area contributed by atoms with E-state index in [-0.39, 0.29) is 32.3 Å². The molecule has 1 aliphatic rings. The number of pyridine rings is 1. The lowest BCUT2D eigenvalue weighted by molar-refractivity contribution is -0.110. The van der Waals surface area contributed by atoms with Crippen molar-refractivity contribution in [1.29, 1.82) is 0 Å². The Morgan fingerprint density at radius 1 is 1.05 bits per heavy atom. The summed E-state index contributed by atoms with van der Waals surface area (Å²) in [5.41, 5.74) is 4.78. The van der Waals surface area contributed by atoms with Crippen LogP contribution in [0.4, 0.5) is 5.69 Å². The second-order valence-electron chi connectivity index (χ2n) is 9.67. The van der Waals surface area contributed by atoms with Gasteiger partial charge in [-0.15, -0.1) is 0 Å². The predicted molar refractivity (Wildman–Crippen MR) is 161 cm³/mol. The van der Waals surface area contributed by atoms with Crippen LogP contribution in [0.3, 0.4) is 0 Å². The molecule has 0 atom stereocenters. The SMILES string of the molecule is Cc1[nH]c(/C=C2\C(=O)Nc3ccc(S(=O)(=O)Cc4c(Cl)cccc4Cl)cc32)c(C)c1C(=O)NCCc1ccccn1. The molecule has 0 radical (unpaired) electrons. The highest BCUT2D eigenvalue weighted by atomic mass is 35.5. The van der Waals surface area contributed by atoms with Crippen molar-refractivity contribution >= 4 is 62.2 Å². The first-order chi connectivity index (χ1) is 19.5. The number of hydrogen-bond acceptors (Lipinski definition) is 5. The van der Waals surface area contributed by atoms with Gasteiger partial charge in [-0.1, -0.05) is 35.3 Å².